The first kappa shape index (κ1) is 13.4. The summed E-state index contributed by atoms with van der Waals surface area (Å²) in [5.74, 6) is -0.449. The van der Waals surface area contributed by atoms with Crippen molar-refractivity contribution in [3.8, 4) is 5.75 Å². The van der Waals surface area contributed by atoms with E-state index in [1.165, 1.54) is 7.11 Å². The zero-order valence-corrected chi connectivity index (χ0v) is 12.0. The zero-order valence-electron chi connectivity index (χ0n) is 12.0. The maximum Gasteiger partial charge on any atom is 0.312 e. The minimum Gasteiger partial charge on any atom is -0.507 e. The van der Waals surface area contributed by atoms with E-state index >= 15 is 0 Å². The summed E-state index contributed by atoms with van der Waals surface area (Å²) in [7, 11) is 1.39. The van der Waals surface area contributed by atoms with E-state index in [-0.39, 0.29) is 17.6 Å². The van der Waals surface area contributed by atoms with Gasteiger partial charge in [-0.1, -0.05) is 42.5 Å². The van der Waals surface area contributed by atoms with Crippen molar-refractivity contribution in [2.45, 2.75) is 12.8 Å². The van der Waals surface area contributed by atoms with Gasteiger partial charge in [-0.2, -0.15) is 0 Å². The smallest absolute Gasteiger partial charge is 0.312 e. The van der Waals surface area contributed by atoms with E-state index in [9.17, 15) is 9.90 Å². The lowest BCUT2D eigenvalue weighted by atomic mass is 9.91. The molecule has 0 amide bonds. The maximum atomic E-state index is 11.9. The summed E-state index contributed by atoms with van der Waals surface area (Å²) in [5.41, 5.74) is 0.867. The van der Waals surface area contributed by atoms with Crippen LogP contribution in [0.5, 0.6) is 5.75 Å². The van der Waals surface area contributed by atoms with Gasteiger partial charge in [-0.05, 0) is 34.7 Å². The van der Waals surface area contributed by atoms with Crippen LogP contribution < -0.4 is 0 Å². The van der Waals surface area contributed by atoms with Crippen LogP contribution in [0.3, 0.4) is 0 Å². The Labute approximate surface area is 122 Å². The summed E-state index contributed by atoms with van der Waals surface area (Å²) >= 11 is 0. The second-order valence-corrected chi connectivity index (χ2v) is 5.13. The van der Waals surface area contributed by atoms with Crippen LogP contribution in [0.4, 0.5) is 0 Å². The molecule has 0 radical (unpaired) electrons. The molecule has 0 aliphatic carbocycles. The number of phenolic OH excluding ortho intramolecular Hbond substituents is 1. The molecule has 1 atom stereocenters. The van der Waals surface area contributed by atoms with E-state index in [2.05, 4.69) is 0 Å². The highest BCUT2D eigenvalue weighted by molar-refractivity contribution is 6.12. The number of hydrogen-bond acceptors (Lipinski definition) is 3. The Morgan fingerprint density at radius 1 is 1.05 bits per heavy atom. The Hall–Kier alpha value is -2.55. The SMILES string of the molecule is COC(=O)C(C)c1ccc(O)c2ccc3ccccc3c12. The summed E-state index contributed by atoms with van der Waals surface area (Å²) in [5, 5.41) is 13.9. The molecule has 0 aromatic heterocycles. The van der Waals surface area contributed by atoms with Crippen molar-refractivity contribution in [2.24, 2.45) is 0 Å². The van der Waals surface area contributed by atoms with Gasteiger partial charge in [0.1, 0.15) is 5.75 Å². The highest BCUT2D eigenvalue weighted by atomic mass is 16.5. The molecule has 0 heterocycles. The number of rotatable bonds is 2. The largest absolute Gasteiger partial charge is 0.507 e. The second kappa shape index (κ2) is 5.09. The normalized spacial score (nSPS) is 12.5. The van der Waals surface area contributed by atoms with E-state index in [0.29, 0.717) is 0 Å². The molecular formula is C18H16O3. The molecule has 0 saturated carbocycles. The lowest BCUT2D eigenvalue weighted by molar-refractivity contribution is -0.141. The first-order chi connectivity index (χ1) is 10.1. The lowest BCUT2D eigenvalue weighted by Gasteiger charge is -2.15. The van der Waals surface area contributed by atoms with E-state index in [1.54, 1.807) is 12.1 Å². The number of carbonyl (C=O) groups is 1. The lowest BCUT2D eigenvalue weighted by Crippen LogP contribution is -2.11. The molecule has 0 aliphatic heterocycles. The molecule has 3 aromatic rings. The Kier molecular flexibility index (Phi) is 3.26. The molecule has 0 bridgehead atoms. The van der Waals surface area contributed by atoms with Crippen LogP contribution in [0, 0.1) is 0 Å². The first-order valence-electron chi connectivity index (χ1n) is 6.84. The van der Waals surface area contributed by atoms with Gasteiger partial charge in [-0.15, -0.1) is 0 Å². The average Bonchev–Trinajstić information content (AvgIpc) is 2.53. The monoisotopic (exact) mass is 280 g/mol. The van der Waals surface area contributed by atoms with E-state index in [0.717, 1.165) is 27.1 Å². The van der Waals surface area contributed by atoms with Gasteiger partial charge < -0.3 is 9.84 Å². The van der Waals surface area contributed by atoms with E-state index in [4.69, 9.17) is 4.74 Å². The number of ether oxygens (including phenoxy) is 1. The van der Waals surface area contributed by atoms with Crippen LogP contribution >= 0.6 is 0 Å². The third-order valence-electron chi connectivity index (χ3n) is 3.94. The zero-order chi connectivity index (χ0) is 15.0. The Bertz CT molecular complexity index is 836. The van der Waals surface area contributed by atoms with Crippen molar-refractivity contribution in [2.75, 3.05) is 7.11 Å². The number of esters is 1. The molecule has 21 heavy (non-hydrogen) atoms. The fraction of sp³-hybridized carbons (Fsp3) is 0.167. The van der Waals surface area contributed by atoms with Crippen LogP contribution in [0.2, 0.25) is 0 Å². The maximum absolute atomic E-state index is 11.9. The molecule has 3 nitrogen and oxygen atoms in total. The number of methoxy groups -OCH3 is 1. The van der Waals surface area contributed by atoms with Crippen molar-refractivity contribution in [3.63, 3.8) is 0 Å². The van der Waals surface area contributed by atoms with Gasteiger partial charge in [0, 0.05) is 5.39 Å². The van der Waals surface area contributed by atoms with Crippen molar-refractivity contribution >= 4 is 27.5 Å². The van der Waals surface area contributed by atoms with E-state index in [1.807, 2.05) is 43.3 Å². The summed E-state index contributed by atoms with van der Waals surface area (Å²) in [4.78, 5) is 11.9. The van der Waals surface area contributed by atoms with Gasteiger partial charge in [0.15, 0.2) is 0 Å². The van der Waals surface area contributed by atoms with E-state index < -0.39 is 0 Å². The third-order valence-corrected chi connectivity index (χ3v) is 3.94. The summed E-state index contributed by atoms with van der Waals surface area (Å²) in [6.45, 7) is 1.82. The van der Waals surface area contributed by atoms with Crippen LogP contribution in [-0.2, 0) is 9.53 Å². The minimum absolute atomic E-state index is 0.219. The van der Waals surface area contributed by atoms with Crippen LogP contribution in [0.25, 0.3) is 21.5 Å². The Morgan fingerprint density at radius 3 is 2.57 bits per heavy atom. The fourth-order valence-electron chi connectivity index (χ4n) is 2.80. The molecule has 3 heteroatoms. The molecule has 0 spiro atoms. The van der Waals surface area contributed by atoms with Crippen molar-refractivity contribution in [3.05, 3.63) is 54.1 Å². The fourth-order valence-corrected chi connectivity index (χ4v) is 2.80. The molecular weight excluding hydrogens is 264 g/mol. The van der Waals surface area contributed by atoms with Gasteiger partial charge in [0.05, 0.1) is 13.0 Å². The molecule has 1 N–H and O–H groups in total. The highest BCUT2D eigenvalue weighted by Gasteiger charge is 2.20. The van der Waals surface area contributed by atoms with Crippen LogP contribution in [-0.4, -0.2) is 18.2 Å². The molecule has 3 rings (SSSR count). The topological polar surface area (TPSA) is 46.5 Å². The van der Waals surface area contributed by atoms with Gasteiger partial charge in [0.2, 0.25) is 0 Å². The Morgan fingerprint density at radius 2 is 1.81 bits per heavy atom. The van der Waals surface area contributed by atoms with Crippen LogP contribution in [0.15, 0.2) is 48.5 Å². The quantitative estimate of drug-likeness (QED) is 0.570. The van der Waals surface area contributed by atoms with Gasteiger partial charge >= 0.3 is 5.97 Å². The standard InChI is InChI=1S/C18H16O3/c1-11(18(20)21-2)13-9-10-16(19)15-8-7-12-5-3-4-6-14(12)17(13)15/h3-11,19H,1-2H3. The number of benzene rings is 3. The summed E-state index contributed by atoms with van der Waals surface area (Å²) < 4.78 is 4.86. The third kappa shape index (κ3) is 2.11. The summed E-state index contributed by atoms with van der Waals surface area (Å²) in [6.07, 6.45) is 0. The number of carbonyl (C=O) groups excluding carboxylic acids is 1. The number of hydrogen-bond donors (Lipinski definition) is 1. The predicted molar refractivity (Wildman–Crippen MR) is 83.5 cm³/mol. The van der Waals surface area contributed by atoms with Crippen molar-refractivity contribution in [1.29, 1.82) is 0 Å². The average molecular weight is 280 g/mol. The summed E-state index contributed by atoms with van der Waals surface area (Å²) in [6, 6.07) is 15.2. The molecule has 0 saturated heterocycles. The highest BCUT2D eigenvalue weighted by Crippen LogP contribution is 2.37. The molecule has 106 valence electrons. The molecule has 3 aromatic carbocycles. The Balaban J connectivity index is 2.42. The van der Waals surface area contributed by atoms with Gasteiger partial charge in [-0.25, -0.2) is 0 Å². The predicted octanol–water partition coefficient (Wildman–Crippen LogP) is 3.98. The number of fused-ring (bicyclic) bond motifs is 3. The van der Waals surface area contributed by atoms with Crippen molar-refractivity contribution < 1.29 is 14.6 Å². The molecule has 0 fully saturated rings. The molecule has 1 unspecified atom stereocenters. The first-order valence-corrected chi connectivity index (χ1v) is 6.84. The van der Waals surface area contributed by atoms with Gasteiger partial charge in [0.25, 0.3) is 0 Å². The van der Waals surface area contributed by atoms with Crippen LogP contribution in [0.1, 0.15) is 18.4 Å². The minimum atomic E-state index is -0.385. The number of phenols is 1. The molecule has 0 aliphatic rings. The van der Waals surface area contributed by atoms with Gasteiger partial charge in [-0.3, -0.25) is 4.79 Å². The number of aromatic hydroxyl groups is 1. The van der Waals surface area contributed by atoms with Crippen molar-refractivity contribution in [1.82, 2.24) is 0 Å². The second-order valence-electron chi connectivity index (χ2n) is 5.13.